The van der Waals surface area contributed by atoms with Gasteiger partial charge in [0.05, 0.1) is 13.2 Å². The predicted molar refractivity (Wildman–Crippen MR) is 71.1 cm³/mol. The fraction of sp³-hybridized carbons (Fsp3) is 0.571. The molecule has 5 nitrogen and oxygen atoms in total. The van der Waals surface area contributed by atoms with Crippen molar-refractivity contribution in [2.45, 2.75) is 24.4 Å². The molecule has 3 heterocycles. The Bertz CT molecular complexity index is 520. The molecule has 2 aliphatic heterocycles. The number of aromatic nitrogens is 1. The predicted octanol–water partition coefficient (Wildman–Crippen LogP) is 0.608. The van der Waals surface area contributed by atoms with Gasteiger partial charge in [-0.3, -0.25) is 14.7 Å². The van der Waals surface area contributed by atoms with E-state index in [-0.39, 0.29) is 31.5 Å². The maximum atomic E-state index is 13.4. The standard InChI is InChI=1S/C14H17F2N3O2/c15-14(16)5-10(8-20)19(9-14)11-6-18(7-11)13(21)12-3-1-2-4-17-12/h1-4,10-11,20H,5-9H2/t10-/m0/s1. The Balaban J connectivity index is 1.60. The van der Waals surface area contributed by atoms with Crippen LogP contribution in [0.2, 0.25) is 0 Å². The maximum absolute atomic E-state index is 13.4. The van der Waals surface area contributed by atoms with Gasteiger partial charge in [-0.2, -0.15) is 0 Å². The molecule has 0 spiro atoms. The zero-order chi connectivity index (χ0) is 15.0. The molecule has 0 unspecified atom stereocenters. The van der Waals surface area contributed by atoms with Gasteiger partial charge in [-0.05, 0) is 12.1 Å². The van der Waals surface area contributed by atoms with Crippen molar-refractivity contribution < 1.29 is 18.7 Å². The summed E-state index contributed by atoms with van der Waals surface area (Å²) in [6.07, 6.45) is 1.24. The Kier molecular flexibility index (Phi) is 3.62. The Morgan fingerprint density at radius 2 is 2.19 bits per heavy atom. The van der Waals surface area contributed by atoms with Crippen LogP contribution in [0.5, 0.6) is 0 Å². The zero-order valence-electron chi connectivity index (χ0n) is 11.5. The number of carbonyl (C=O) groups excluding carboxylic acids is 1. The van der Waals surface area contributed by atoms with Crippen molar-refractivity contribution in [3.8, 4) is 0 Å². The van der Waals surface area contributed by atoms with E-state index in [0.29, 0.717) is 18.8 Å². The van der Waals surface area contributed by atoms with Crippen LogP contribution < -0.4 is 0 Å². The summed E-state index contributed by atoms with van der Waals surface area (Å²) in [6.45, 7) is 0.193. The maximum Gasteiger partial charge on any atom is 0.272 e. The van der Waals surface area contributed by atoms with Crippen molar-refractivity contribution in [2.24, 2.45) is 0 Å². The van der Waals surface area contributed by atoms with Gasteiger partial charge in [-0.15, -0.1) is 0 Å². The van der Waals surface area contributed by atoms with Crippen LogP contribution in [0.25, 0.3) is 0 Å². The molecular formula is C14H17F2N3O2. The second kappa shape index (κ2) is 5.31. The number of hydrogen-bond acceptors (Lipinski definition) is 4. The van der Waals surface area contributed by atoms with Crippen molar-refractivity contribution in [1.29, 1.82) is 0 Å². The monoisotopic (exact) mass is 297 g/mol. The number of nitrogens with zero attached hydrogens (tertiary/aromatic N) is 3. The summed E-state index contributed by atoms with van der Waals surface area (Å²) in [7, 11) is 0. The van der Waals surface area contributed by atoms with Crippen LogP contribution in [-0.4, -0.2) is 70.0 Å². The van der Waals surface area contributed by atoms with E-state index in [0.717, 1.165) is 0 Å². The Morgan fingerprint density at radius 1 is 1.43 bits per heavy atom. The molecule has 1 amide bonds. The Hall–Kier alpha value is -1.60. The van der Waals surface area contributed by atoms with Crippen molar-refractivity contribution in [3.05, 3.63) is 30.1 Å². The van der Waals surface area contributed by atoms with Gasteiger partial charge in [-0.1, -0.05) is 6.07 Å². The number of hydrogen-bond donors (Lipinski definition) is 1. The summed E-state index contributed by atoms with van der Waals surface area (Å²) in [5, 5.41) is 9.22. The number of alkyl halides is 2. The van der Waals surface area contributed by atoms with Crippen molar-refractivity contribution in [2.75, 3.05) is 26.2 Å². The van der Waals surface area contributed by atoms with Crippen LogP contribution >= 0.6 is 0 Å². The first-order valence-electron chi connectivity index (χ1n) is 6.95. The van der Waals surface area contributed by atoms with E-state index < -0.39 is 12.0 Å². The average molecular weight is 297 g/mol. The highest BCUT2D eigenvalue weighted by atomic mass is 19.3. The van der Waals surface area contributed by atoms with Crippen LogP contribution in [-0.2, 0) is 0 Å². The van der Waals surface area contributed by atoms with Crippen molar-refractivity contribution in [1.82, 2.24) is 14.8 Å². The molecule has 2 aliphatic rings. The number of amides is 1. The van der Waals surface area contributed by atoms with E-state index in [4.69, 9.17) is 0 Å². The molecule has 0 aromatic carbocycles. The highest BCUT2D eigenvalue weighted by molar-refractivity contribution is 5.92. The number of aliphatic hydroxyl groups excluding tert-OH is 1. The van der Waals surface area contributed by atoms with Crippen LogP contribution in [0.15, 0.2) is 24.4 Å². The summed E-state index contributed by atoms with van der Waals surface area (Å²) in [5.41, 5.74) is 0.362. The van der Waals surface area contributed by atoms with Gasteiger partial charge in [0.25, 0.3) is 11.8 Å². The Labute approximate surface area is 121 Å². The number of pyridine rings is 1. The van der Waals surface area contributed by atoms with Crippen molar-refractivity contribution in [3.63, 3.8) is 0 Å². The summed E-state index contributed by atoms with van der Waals surface area (Å²) in [5.74, 6) is -2.93. The lowest BCUT2D eigenvalue weighted by Gasteiger charge is -2.45. The largest absolute Gasteiger partial charge is 0.395 e. The highest BCUT2D eigenvalue weighted by Gasteiger charge is 2.50. The topological polar surface area (TPSA) is 56.7 Å². The number of likely N-dealkylation sites (tertiary alicyclic amines) is 2. The molecule has 2 fully saturated rings. The lowest BCUT2D eigenvalue weighted by atomic mass is 10.1. The molecule has 21 heavy (non-hydrogen) atoms. The first-order valence-corrected chi connectivity index (χ1v) is 6.95. The van der Waals surface area contributed by atoms with E-state index in [2.05, 4.69) is 4.98 Å². The lowest BCUT2D eigenvalue weighted by molar-refractivity contribution is -0.0126. The first-order chi connectivity index (χ1) is 10.00. The molecule has 0 bridgehead atoms. The molecule has 0 saturated carbocycles. The van der Waals surface area contributed by atoms with E-state index >= 15 is 0 Å². The molecular weight excluding hydrogens is 280 g/mol. The third kappa shape index (κ3) is 2.75. The molecule has 2 saturated heterocycles. The van der Waals surface area contributed by atoms with Gasteiger partial charge in [0.1, 0.15) is 5.69 Å². The summed E-state index contributed by atoms with van der Waals surface area (Å²) >= 11 is 0. The minimum absolute atomic E-state index is 0.108. The molecule has 114 valence electrons. The highest BCUT2D eigenvalue weighted by Crippen LogP contribution is 2.35. The van der Waals surface area contributed by atoms with Gasteiger partial charge in [0.2, 0.25) is 0 Å². The minimum Gasteiger partial charge on any atom is -0.395 e. The molecule has 0 aliphatic carbocycles. The SMILES string of the molecule is O=C(c1ccccn1)N1CC(N2CC(F)(F)C[C@H]2CO)C1. The molecule has 0 radical (unpaired) electrons. The van der Waals surface area contributed by atoms with Gasteiger partial charge < -0.3 is 10.0 Å². The van der Waals surface area contributed by atoms with Crippen LogP contribution in [0, 0.1) is 0 Å². The van der Waals surface area contributed by atoms with E-state index in [1.807, 2.05) is 0 Å². The van der Waals surface area contributed by atoms with Crippen LogP contribution in [0.4, 0.5) is 8.78 Å². The molecule has 1 N–H and O–H groups in total. The third-order valence-corrected chi connectivity index (χ3v) is 4.13. The van der Waals surface area contributed by atoms with Gasteiger partial charge in [-0.25, -0.2) is 8.78 Å². The molecule has 1 aromatic rings. The van der Waals surface area contributed by atoms with Gasteiger partial charge >= 0.3 is 0 Å². The summed E-state index contributed by atoms with van der Waals surface area (Å²) in [4.78, 5) is 19.3. The summed E-state index contributed by atoms with van der Waals surface area (Å²) < 4.78 is 26.9. The van der Waals surface area contributed by atoms with E-state index in [1.54, 1.807) is 34.2 Å². The molecule has 1 atom stereocenters. The second-order valence-corrected chi connectivity index (χ2v) is 5.65. The zero-order valence-corrected chi connectivity index (χ0v) is 11.5. The number of carbonyl (C=O) groups is 1. The Morgan fingerprint density at radius 3 is 2.81 bits per heavy atom. The molecule has 3 rings (SSSR count). The minimum atomic E-state index is -2.75. The first kappa shape index (κ1) is 14.3. The smallest absolute Gasteiger partial charge is 0.272 e. The third-order valence-electron chi connectivity index (χ3n) is 4.13. The number of rotatable bonds is 3. The molecule has 7 heteroatoms. The van der Waals surface area contributed by atoms with E-state index in [9.17, 15) is 18.7 Å². The second-order valence-electron chi connectivity index (χ2n) is 5.65. The van der Waals surface area contributed by atoms with Crippen LogP contribution in [0.1, 0.15) is 16.9 Å². The lowest BCUT2D eigenvalue weighted by Crippen LogP contribution is -2.62. The number of halogens is 2. The fourth-order valence-electron chi connectivity index (χ4n) is 3.00. The van der Waals surface area contributed by atoms with Gasteiger partial charge in [0.15, 0.2) is 0 Å². The summed E-state index contributed by atoms with van der Waals surface area (Å²) in [6, 6.07) is 4.48. The molecule has 1 aromatic heterocycles. The van der Waals surface area contributed by atoms with E-state index in [1.165, 1.54) is 0 Å². The van der Waals surface area contributed by atoms with Crippen LogP contribution in [0.3, 0.4) is 0 Å². The van der Waals surface area contributed by atoms with Gasteiger partial charge in [0, 0.05) is 37.8 Å². The average Bonchev–Trinajstić information content (AvgIpc) is 2.73. The number of aliphatic hydroxyl groups is 1. The quantitative estimate of drug-likeness (QED) is 0.888. The normalized spacial score (nSPS) is 25.9. The fourth-order valence-corrected chi connectivity index (χ4v) is 3.00. The van der Waals surface area contributed by atoms with Crippen molar-refractivity contribution >= 4 is 5.91 Å².